The van der Waals surface area contributed by atoms with Crippen molar-refractivity contribution in [2.24, 2.45) is 0 Å². The van der Waals surface area contributed by atoms with E-state index in [2.05, 4.69) is 35.8 Å². The Kier molecular flexibility index (Phi) is 4.64. The molecule has 1 aliphatic rings. The quantitative estimate of drug-likeness (QED) is 0.701. The van der Waals surface area contributed by atoms with Crippen molar-refractivity contribution < 1.29 is 0 Å². The van der Waals surface area contributed by atoms with E-state index in [1.807, 2.05) is 18.2 Å². The summed E-state index contributed by atoms with van der Waals surface area (Å²) in [6.07, 6.45) is 5.33. The minimum atomic E-state index is 0.758. The Labute approximate surface area is 105 Å². The Morgan fingerprint density at radius 3 is 2.82 bits per heavy atom. The van der Waals surface area contributed by atoms with Gasteiger partial charge in [-0.05, 0) is 37.9 Å². The number of piperidine rings is 1. The fraction of sp³-hybridized carbons (Fsp3) is 0.500. The van der Waals surface area contributed by atoms with Gasteiger partial charge in [-0.1, -0.05) is 43.4 Å². The predicted octanol–water partition coefficient (Wildman–Crippen LogP) is 3.30. The Morgan fingerprint density at radius 2 is 2.06 bits per heavy atom. The lowest BCUT2D eigenvalue weighted by molar-refractivity contribution is 0.163. The number of likely N-dealkylation sites (tertiary alicyclic amines) is 1. The van der Waals surface area contributed by atoms with Crippen LogP contribution >= 0.6 is 0 Å². The second kappa shape index (κ2) is 6.47. The standard InChI is InChI=1S/C16H21N/c1-2-16-12-6-7-13-17(16)14-8-11-15-9-4-3-5-10-15/h3-5,9-10,16H,2,6-7,12-14H2,1H3/t16-/m0/s1. The Balaban J connectivity index is 1.91. The van der Waals surface area contributed by atoms with Crippen LogP contribution in [0.5, 0.6) is 0 Å². The highest BCUT2D eigenvalue weighted by molar-refractivity contribution is 5.33. The molecule has 1 saturated heterocycles. The van der Waals surface area contributed by atoms with Gasteiger partial charge in [-0.15, -0.1) is 0 Å². The molecule has 0 spiro atoms. The van der Waals surface area contributed by atoms with Crippen LogP contribution in [0.4, 0.5) is 0 Å². The van der Waals surface area contributed by atoms with Gasteiger partial charge in [0.05, 0.1) is 6.54 Å². The molecule has 0 aliphatic carbocycles. The average Bonchev–Trinajstić information content (AvgIpc) is 2.40. The second-order valence-electron chi connectivity index (χ2n) is 4.70. The van der Waals surface area contributed by atoms with Gasteiger partial charge in [0.1, 0.15) is 0 Å². The number of hydrogen-bond donors (Lipinski definition) is 0. The van der Waals surface area contributed by atoms with E-state index in [-0.39, 0.29) is 0 Å². The molecule has 0 N–H and O–H groups in total. The minimum absolute atomic E-state index is 0.758. The molecule has 0 radical (unpaired) electrons. The third-order valence-electron chi connectivity index (χ3n) is 3.51. The third-order valence-corrected chi connectivity index (χ3v) is 3.51. The van der Waals surface area contributed by atoms with E-state index in [4.69, 9.17) is 0 Å². The van der Waals surface area contributed by atoms with Crippen LogP contribution in [0.3, 0.4) is 0 Å². The van der Waals surface area contributed by atoms with Crippen molar-refractivity contribution >= 4 is 0 Å². The molecule has 1 aromatic rings. The van der Waals surface area contributed by atoms with Crippen molar-refractivity contribution in [1.82, 2.24) is 4.90 Å². The first-order valence-corrected chi connectivity index (χ1v) is 6.68. The van der Waals surface area contributed by atoms with E-state index >= 15 is 0 Å². The highest BCUT2D eigenvalue weighted by Gasteiger charge is 2.19. The molecule has 0 unspecified atom stereocenters. The van der Waals surface area contributed by atoms with Gasteiger partial charge in [0.2, 0.25) is 0 Å². The lowest BCUT2D eigenvalue weighted by Crippen LogP contribution is -2.39. The molecule has 1 heterocycles. The van der Waals surface area contributed by atoms with E-state index in [9.17, 15) is 0 Å². The summed E-state index contributed by atoms with van der Waals surface area (Å²) in [4.78, 5) is 2.54. The zero-order chi connectivity index (χ0) is 11.9. The summed E-state index contributed by atoms with van der Waals surface area (Å²) in [5, 5.41) is 0. The summed E-state index contributed by atoms with van der Waals surface area (Å²) in [6, 6.07) is 11.0. The summed E-state index contributed by atoms with van der Waals surface area (Å²) < 4.78 is 0. The molecule has 1 fully saturated rings. The van der Waals surface area contributed by atoms with Crippen molar-refractivity contribution in [3.8, 4) is 11.8 Å². The maximum absolute atomic E-state index is 3.31. The van der Waals surface area contributed by atoms with Gasteiger partial charge in [-0.3, -0.25) is 4.90 Å². The summed E-state index contributed by atoms with van der Waals surface area (Å²) >= 11 is 0. The largest absolute Gasteiger partial charge is 0.289 e. The van der Waals surface area contributed by atoms with Crippen molar-refractivity contribution in [1.29, 1.82) is 0 Å². The van der Waals surface area contributed by atoms with Gasteiger partial charge >= 0.3 is 0 Å². The van der Waals surface area contributed by atoms with E-state index in [0.29, 0.717) is 0 Å². The lowest BCUT2D eigenvalue weighted by atomic mass is 10.0. The molecular weight excluding hydrogens is 206 g/mol. The Bertz CT molecular complexity index is 385. The maximum Gasteiger partial charge on any atom is 0.0607 e. The van der Waals surface area contributed by atoms with Crippen molar-refractivity contribution in [2.75, 3.05) is 13.1 Å². The molecule has 0 aromatic heterocycles. The topological polar surface area (TPSA) is 3.24 Å². The van der Waals surface area contributed by atoms with Crippen LogP contribution in [-0.2, 0) is 0 Å². The highest BCUT2D eigenvalue weighted by Crippen LogP contribution is 2.18. The Hall–Kier alpha value is -1.26. The van der Waals surface area contributed by atoms with Crippen LogP contribution in [0, 0.1) is 11.8 Å². The van der Waals surface area contributed by atoms with E-state index < -0.39 is 0 Å². The number of nitrogens with zero attached hydrogens (tertiary/aromatic N) is 1. The van der Waals surface area contributed by atoms with Crippen LogP contribution in [0.25, 0.3) is 0 Å². The number of hydrogen-bond acceptors (Lipinski definition) is 1. The fourth-order valence-corrected chi connectivity index (χ4v) is 2.50. The third kappa shape index (κ3) is 3.61. The molecule has 1 nitrogen and oxygen atoms in total. The molecule has 1 atom stereocenters. The summed E-state index contributed by atoms with van der Waals surface area (Å²) in [5.74, 6) is 6.56. The van der Waals surface area contributed by atoms with Gasteiger partial charge < -0.3 is 0 Å². The fourth-order valence-electron chi connectivity index (χ4n) is 2.50. The van der Waals surface area contributed by atoms with Crippen LogP contribution < -0.4 is 0 Å². The molecule has 1 aliphatic heterocycles. The molecule has 1 aromatic carbocycles. The summed E-state index contributed by atoms with van der Waals surface area (Å²) in [7, 11) is 0. The van der Waals surface area contributed by atoms with Crippen molar-refractivity contribution in [2.45, 2.75) is 38.6 Å². The first-order chi connectivity index (χ1) is 8.40. The van der Waals surface area contributed by atoms with Crippen LogP contribution in [0.2, 0.25) is 0 Å². The van der Waals surface area contributed by atoms with E-state index in [0.717, 1.165) is 18.2 Å². The lowest BCUT2D eigenvalue weighted by Gasteiger charge is -2.33. The first kappa shape index (κ1) is 12.2. The molecule has 0 amide bonds. The summed E-state index contributed by atoms with van der Waals surface area (Å²) in [5.41, 5.74) is 1.12. The molecular formula is C16H21N. The van der Waals surface area contributed by atoms with Gasteiger partial charge in [-0.2, -0.15) is 0 Å². The van der Waals surface area contributed by atoms with E-state index in [1.165, 1.54) is 32.2 Å². The van der Waals surface area contributed by atoms with Crippen molar-refractivity contribution in [3.05, 3.63) is 35.9 Å². The minimum Gasteiger partial charge on any atom is -0.289 e. The zero-order valence-corrected chi connectivity index (χ0v) is 10.7. The monoisotopic (exact) mass is 227 g/mol. The molecule has 1 heteroatoms. The molecule has 2 rings (SSSR count). The van der Waals surface area contributed by atoms with Crippen LogP contribution in [-0.4, -0.2) is 24.0 Å². The van der Waals surface area contributed by atoms with Crippen LogP contribution in [0.15, 0.2) is 30.3 Å². The number of rotatable bonds is 2. The SMILES string of the molecule is CC[C@H]1CCCCN1CC#Cc1ccccc1. The molecule has 17 heavy (non-hydrogen) atoms. The van der Waals surface area contributed by atoms with E-state index in [1.54, 1.807) is 0 Å². The normalized spacial score (nSPS) is 20.6. The number of benzene rings is 1. The first-order valence-electron chi connectivity index (χ1n) is 6.68. The molecule has 90 valence electrons. The predicted molar refractivity (Wildman–Crippen MR) is 72.8 cm³/mol. The maximum atomic E-state index is 3.31. The van der Waals surface area contributed by atoms with Gasteiger partial charge in [0.25, 0.3) is 0 Å². The zero-order valence-electron chi connectivity index (χ0n) is 10.7. The van der Waals surface area contributed by atoms with Crippen LogP contribution in [0.1, 0.15) is 38.2 Å². The average molecular weight is 227 g/mol. The second-order valence-corrected chi connectivity index (χ2v) is 4.70. The molecule has 0 bridgehead atoms. The smallest absolute Gasteiger partial charge is 0.0607 e. The van der Waals surface area contributed by atoms with Gasteiger partial charge in [0, 0.05) is 11.6 Å². The Morgan fingerprint density at radius 1 is 1.24 bits per heavy atom. The molecule has 0 saturated carbocycles. The summed E-state index contributed by atoms with van der Waals surface area (Å²) in [6.45, 7) is 4.43. The highest BCUT2D eigenvalue weighted by atomic mass is 15.2. The van der Waals surface area contributed by atoms with Gasteiger partial charge in [0.15, 0.2) is 0 Å². The van der Waals surface area contributed by atoms with Gasteiger partial charge in [-0.25, -0.2) is 0 Å². The van der Waals surface area contributed by atoms with Crippen molar-refractivity contribution in [3.63, 3.8) is 0 Å².